The SMILES string of the molecule is CC(=O)N[C@H](CC(=O)N1CCC[C@H](CCC(=O)O)C1)c1ccc(C)cc1. The highest BCUT2D eigenvalue weighted by atomic mass is 16.4. The maximum atomic E-state index is 12.8. The first-order valence-corrected chi connectivity index (χ1v) is 9.18. The number of hydrogen-bond acceptors (Lipinski definition) is 3. The molecule has 2 amide bonds. The van der Waals surface area contributed by atoms with Gasteiger partial charge in [-0.3, -0.25) is 14.4 Å². The molecule has 1 aliphatic heterocycles. The van der Waals surface area contributed by atoms with Gasteiger partial charge in [0.15, 0.2) is 0 Å². The molecule has 1 fully saturated rings. The second-order valence-corrected chi connectivity index (χ2v) is 7.15. The van der Waals surface area contributed by atoms with Crippen molar-refractivity contribution < 1.29 is 19.5 Å². The molecule has 142 valence electrons. The Labute approximate surface area is 154 Å². The van der Waals surface area contributed by atoms with Gasteiger partial charge in [-0.05, 0) is 37.7 Å². The van der Waals surface area contributed by atoms with E-state index < -0.39 is 5.97 Å². The van der Waals surface area contributed by atoms with Gasteiger partial charge in [0.05, 0.1) is 12.5 Å². The van der Waals surface area contributed by atoms with Crippen molar-refractivity contribution in [1.29, 1.82) is 0 Å². The zero-order valence-electron chi connectivity index (χ0n) is 15.5. The number of rotatable bonds is 7. The van der Waals surface area contributed by atoms with Crippen molar-refractivity contribution in [2.24, 2.45) is 5.92 Å². The summed E-state index contributed by atoms with van der Waals surface area (Å²) in [5.74, 6) is -0.716. The second-order valence-electron chi connectivity index (χ2n) is 7.15. The Morgan fingerprint density at radius 2 is 1.96 bits per heavy atom. The lowest BCUT2D eigenvalue weighted by Gasteiger charge is -2.33. The number of amides is 2. The Morgan fingerprint density at radius 1 is 1.27 bits per heavy atom. The average molecular weight is 360 g/mol. The van der Waals surface area contributed by atoms with Crippen LogP contribution in [0.2, 0.25) is 0 Å². The summed E-state index contributed by atoms with van der Waals surface area (Å²) in [5.41, 5.74) is 2.04. The number of hydrogen-bond donors (Lipinski definition) is 2. The lowest BCUT2D eigenvalue weighted by molar-refractivity contribution is -0.137. The van der Waals surface area contributed by atoms with E-state index >= 15 is 0 Å². The van der Waals surface area contributed by atoms with Crippen LogP contribution >= 0.6 is 0 Å². The number of benzene rings is 1. The van der Waals surface area contributed by atoms with Crippen molar-refractivity contribution in [3.8, 4) is 0 Å². The van der Waals surface area contributed by atoms with Gasteiger partial charge in [-0.25, -0.2) is 0 Å². The van der Waals surface area contributed by atoms with Gasteiger partial charge in [0.1, 0.15) is 0 Å². The van der Waals surface area contributed by atoms with E-state index in [9.17, 15) is 14.4 Å². The van der Waals surface area contributed by atoms with Gasteiger partial charge in [-0.2, -0.15) is 0 Å². The molecule has 1 aromatic carbocycles. The molecule has 0 bridgehead atoms. The third-order valence-corrected chi connectivity index (χ3v) is 4.87. The summed E-state index contributed by atoms with van der Waals surface area (Å²) < 4.78 is 0. The lowest BCUT2D eigenvalue weighted by atomic mass is 9.92. The van der Waals surface area contributed by atoms with Crippen LogP contribution in [0, 0.1) is 12.8 Å². The summed E-state index contributed by atoms with van der Waals surface area (Å²) in [6.07, 6.45) is 2.82. The molecule has 1 saturated heterocycles. The molecule has 0 aliphatic carbocycles. The Balaban J connectivity index is 2.00. The van der Waals surface area contributed by atoms with Crippen molar-refractivity contribution in [3.05, 3.63) is 35.4 Å². The highest BCUT2D eigenvalue weighted by molar-refractivity contribution is 5.79. The Bertz CT molecular complexity index is 642. The van der Waals surface area contributed by atoms with E-state index in [2.05, 4.69) is 5.32 Å². The second kappa shape index (κ2) is 9.36. The topological polar surface area (TPSA) is 86.7 Å². The molecule has 1 heterocycles. The van der Waals surface area contributed by atoms with Crippen molar-refractivity contribution in [3.63, 3.8) is 0 Å². The summed E-state index contributed by atoms with van der Waals surface area (Å²) in [5, 5.41) is 11.7. The summed E-state index contributed by atoms with van der Waals surface area (Å²) >= 11 is 0. The zero-order valence-corrected chi connectivity index (χ0v) is 15.5. The van der Waals surface area contributed by atoms with Crippen molar-refractivity contribution in [2.45, 2.75) is 52.0 Å². The number of carbonyl (C=O) groups excluding carboxylic acids is 2. The molecular formula is C20H28N2O4. The molecule has 2 rings (SSSR count). The van der Waals surface area contributed by atoms with Crippen LogP contribution < -0.4 is 5.32 Å². The van der Waals surface area contributed by atoms with E-state index in [1.54, 1.807) is 0 Å². The Hall–Kier alpha value is -2.37. The molecule has 0 aromatic heterocycles. The fourth-order valence-corrected chi connectivity index (χ4v) is 3.45. The van der Waals surface area contributed by atoms with Crippen LogP contribution in [-0.4, -0.2) is 40.9 Å². The van der Waals surface area contributed by atoms with Gasteiger partial charge >= 0.3 is 5.97 Å². The van der Waals surface area contributed by atoms with Crippen LogP contribution in [0.3, 0.4) is 0 Å². The number of aryl methyl sites for hydroxylation is 1. The highest BCUT2D eigenvalue weighted by Crippen LogP contribution is 2.24. The summed E-state index contributed by atoms with van der Waals surface area (Å²) in [7, 11) is 0. The quantitative estimate of drug-likeness (QED) is 0.783. The van der Waals surface area contributed by atoms with Gasteiger partial charge in [-0.1, -0.05) is 29.8 Å². The normalized spacial score (nSPS) is 18.2. The summed E-state index contributed by atoms with van der Waals surface area (Å²) in [6.45, 7) is 4.75. The third-order valence-electron chi connectivity index (χ3n) is 4.87. The van der Waals surface area contributed by atoms with Crippen molar-refractivity contribution in [1.82, 2.24) is 10.2 Å². The van der Waals surface area contributed by atoms with Crippen LogP contribution in [0.1, 0.15) is 56.2 Å². The predicted molar refractivity (Wildman–Crippen MR) is 98.5 cm³/mol. The largest absolute Gasteiger partial charge is 0.481 e. The van der Waals surface area contributed by atoms with Crippen LogP contribution in [0.5, 0.6) is 0 Å². The number of aliphatic carboxylic acids is 1. The van der Waals surface area contributed by atoms with E-state index in [1.165, 1.54) is 6.92 Å². The highest BCUT2D eigenvalue weighted by Gasteiger charge is 2.26. The van der Waals surface area contributed by atoms with Crippen LogP contribution in [0.15, 0.2) is 24.3 Å². The van der Waals surface area contributed by atoms with Crippen molar-refractivity contribution >= 4 is 17.8 Å². The number of nitrogens with one attached hydrogen (secondary N) is 1. The molecule has 0 saturated carbocycles. The lowest BCUT2D eigenvalue weighted by Crippen LogP contribution is -2.42. The van der Waals surface area contributed by atoms with E-state index in [4.69, 9.17) is 5.11 Å². The van der Waals surface area contributed by atoms with Gasteiger partial charge in [-0.15, -0.1) is 0 Å². The maximum absolute atomic E-state index is 12.8. The average Bonchev–Trinajstić information content (AvgIpc) is 2.60. The monoisotopic (exact) mass is 360 g/mol. The number of carbonyl (C=O) groups is 3. The molecule has 6 nitrogen and oxygen atoms in total. The standard InChI is InChI=1S/C20H28N2O4/c1-14-5-8-17(9-6-14)18(21-15(2)23)12-19(24)22-11-3-4-16(13-22)7-10-20(25)26/h5-6,8-9,16,18H,3-4,7,10-13H2,1-2H3,(H,21,23)(H,25,26)/t16-,18-/m1/s1. The molecule has 2 N–H and O–H groups in total. The summed E-state index contributed by atoms with van der Waals surface area (Å²) in [6, 6.07) is 7.47. The minimum Gasteiger partial charge on any atom is -0.481 e. The van der Waals surface area contributed by atoms with Crippen LogP contribution in [-0.2, 0) is 14.4 Å². The van der Waals surface area contributed by atoms with Gasteiger partial charge in [0, 0.05) is 26.4 Å². The van der Waals surface area contributed by atoms with E-state index in [-0.39, 0.29) is 36.6 Å². The minimum atomic E-state index is -0.793. The number of carboxylic acid groups (broad SMARTS) is 1. The first-order valence-electron chi connectivity index (χ1n) is 9.18. The Morgan fingerprint density at radius 3 is 2.58 bits per heavy atom. The number of nitrogens with zero attached hydrogens (tertiary/aromatic N) is 1. The predicted octanol–water partition coefficient (Wildman–Crippen LogP) is 2.67. The fraction of sp³-hybridized carbons (Fsp3) is 0.550. The molecule has 1 aromatic rings. The summed E-state index contributed by atoms with van der Waals surface area (Å²) in [4.78, 5) is 36.9. The number of carboxylic acids is 1. The first-order chi connectivity index (χ1) is 12.3. The van der Waals surface area contributed by atoms with E-state index in [0.29, 0.717) is 19.5 Å². The maximum Gasteiger partial charge on any atom is 0.303 e. The van der Waals surface area contributed by atoms with Crippen LogP contribution in [0.25, 0.3) is 0 Å². The molecular weight excluding hydrogens is 332 g/mol. The smallest absolute Gasteiger partial charge is 0.303 e. The van der Waals surface area contributed by atoms with Crippen molar-refractivity contribution in [2.75, 3.05) is 13.1 Å². The first kappa shape index (κ1) is 19.9. The zero-order chi connectivity index (χ0) is 19.1. The number of likely N-dealkylation sites (tertiary alicyclic amines) is 1. The molecule has 6 heteroatoms. The van der Waals surface area contributed by atoms with Crippen LogP contribution in [0.4, 0.5) is 0 Å². The molecule has 0 unspecified atom stereocenters. The Kier molecular flexibility index (Phi) is 7.18. The third kappa shape index (κ3) is 6.17. The van der Waals surface area contributed by atoms with E-state index in [1.807, 2.05) is 36.1 Å². The van der Waals surface area contributed by atoms with Gasteiger partial charge < -0.3 is 15.3 Å². The fourth-order valence-electron chi connectivity index (χ4n) is 3.45. The van der Waals surface area contributed by atoms with Gasteiger partial charge in [0.25, 0.3) is 0 Å². The molecule has 2 atom stereocenters. The molecule has 1 aliphatic rings. The number of piperidine rings is 1. The van der Waals surface area contributed by atoms with E-state index in [0.717, 1.165) is 24.0 Å². The van der Waals surface area contributed by atoms with Gasteiger partial charge in [0.2, 0.25) is 11.8 Å². The minimum absolute atomic E-state index is 0.00403. The molecule has 0 spiro atoms. The molecule has 26 heavy (non-hydrogen) atoms. The molecule has 0 radical (unpaired) electrons.